The molecule has 257 valence electrons. The van der Waals surface area contributed by atoms with Crippen LogP contribution in [0.15, 0.2) is 38.3 Å². The average molecular weight is 778 g/mol. The molecule has 0 bridgehead atoms. The van der Waals surface area contributed by atoms with E-state index in [1.54, 1.807) is 25.5 Å². The predicted molar refractivity (Wildman–Crippen MR) is 198 cm³/mol. The number of nitrogens with zero attached hydrogens (tertiary/aromatic N) is 3. The molecule has 5 rings (SSSR count). The third-order valence-electron chi connectivity index (χ3n) is 8.66. The molecule has 0 atom stereocenters. The summed E-state index contributed by atoms with van der Waals surface area (Å²) in [6.45, 7) is 11.0. The van der Waals surface area contributed by atoms with Gasteiger partial charge in [-0.2, -0.15) is 0 Å². The first-order valence-electron chi connectivity index (χ1n) is 16.4. The van der Waals surface area contributed by atoms with Gasteiger partial charge in [0.2, 0.25) is 0 Å². The molecule has 11 heteroatoms. The summed E-state index contributed by atoms with van der Waals surface area (Å²) in [5.41, 5.74) is 16.5. The molecule has 1 aromatic carbocycles. The summed E-state index contributed by atoms with van der Waals surface area (Å²) in [7, 11) is 3.54. The van der Waals surface area contributed by atoms with E-state index < -0.39 is 0 Å². The van der Waals surface area contributed by atoms with E-state index in [0.29, 0.717) is 12.6 Å². The van der Waals surface area contributed by atoms with Crippen LogP contribution >= 0.6 is 11.3 Å². The van der Waals surface area contributed by atoms with Gasteiger partial charge in [-0.05, 0) is 31.7 Å². The largest absolute Gasteiger partial charge is 0.330 e. The molecule has 6 N–H and O–H groups in total. The number of aromatic nitrogens is 2. The third-order valence-corrected chi connectivity index (χ3v) is 10.2. The minimum atomic E-state index is -0.246. The van der Waals surface area contributed by atoms with Crippen LogP contribution in [0.2, 0.25) is 0 Å². The molecule has 1 aliphatic heterocycles. The molecule has 1 saturated carbocycles. The quantitative estimate of drug-likeness (QED) is 0.0630. The van der Waals surface area contributed by atoms with Crippen LogP contribution in [0.3, 0.4) is 0 Å². The van der Waals surface area contributed by atoms with Gasteiger partial charge in [0.15, 0.2) is 0 Å². The summed E-state index contributed by atoms with van der Waals surface area (Å²) < 4.78 is 9.11. The number of thiazole rings is 1. The number of allylic oxidation sites excluding steroid dienone is 3. The topological polar surface area (TPSA) is 141 Å². The van der Waals surface area contributed by atoms with Crippen molar-refractivity contribution in [2.45, 2.75) is 78.3 Å². The van der Waals surface area contributed by atoms with Gasteiger partial charge < -0.3 is 10.5 Å². The van der Waals surface area contributed by atoms with Crippen LogP contribution in [-0.4, -0.2) is 89.9 Å². The number of methoxy groups -OCH3 is 1. The zero-order chi connectivity index (χ0) is 34.6. The van der Waals surface area contributed by atoms with Crippen molar-refractivity contribution in [3.63, 3.8) is 0 Å². The zero-order valence-corrected chi connectivity index (χ0v) is 31.8. The van der Waals surface area contributed by atoms with Crippen molar-refractivity contribution in [3.05, 3.63) is 55.1 Å². The minimum absolute atomic E-state index is 0.132. The second-order valence-corrected chi connectivity index (χ2v) is 15.3. The number of rotatable bonds is 13. The summed E-state index contributed by atoms with van der Waals surface area (Å²) in [6.07, 6.45) is 13.7. The normalized spacial score (nSPS) is 18.0. The smallest absolute Gasteiger partial charge is 0.0216 e. The van der Waals surface area contributed by atoms with E-state index in [4.69, 9.17) is 26.1 Å². The average Bonchev–Trinajstić information content (AvgIpc) is 3.64. The van der Waals surface area contributed by atoms with Crippen molar-refractivity contribution >= 4 is 63.1 Å². The van der Waals surface area contributed by atoms with E-state index in [2.05, 4.69) is 65.4 Å². The van der Waals surface area contributed by atoms with Crippen molar-refractivity contribution in [2.75, 3.05) is 33.9 Å². The molecule has 0 saturated heterocycles. The number of aliphatic imine (C=N–C) groups is 1. The monoisotopic (exact) mass is 779 g/mol. The van der Waals surface area contributed by atoms with Gasteiger partial charge in [0, 0.05) is 6.04 Å². The molecule has 3 heterocycles. The van der Waals surface area contributed by atoms with Crippen LogP contribution in [0.4, 0.5) is 0 Å². The number of nitrogens with one attached hydrogen (secondary N) is 1. The number of aryl methyl sites for hydroxylation is 3. The number of hydrogen-bond donors (Lipinski definition) is 4. The van der Waals surface area contributed by atoms with Crippen molar-refractivity contribution in [2.24, 2.45) is 27.9 Å². The van der Waals surface area contributed by atoms with Crippen molar-refractivity contribution < 1.29 is 14.6 Å². The molecule has 47 heavy (non-hydrogen) atoms. The summed E-state index contributed by atoms with van der Waals surface area (Å²) in [5, 5.41) is 14.9. The fourth-order valence-electron chi connectivity index (χ4n) is 6.23. The molecular weight excluding hydrogens is 724 g/mol. The number of aliphatic hydroxyl groups excluding tert-OH is 1. The number of nitrogens with two attached hydrogens (primary N) is 2. The Labute approximate surface area is 297 Å². The van der Waals surface area contributed by atoms with Gasteiger partial charge in [-0.25, -0.2) is 0 Å². The number of carbonyl (C=O) groups is 1. The van der Waals surface area contributed by atoms with Crippen LogP contribution < -0.4 is 17.0 Å². The molecule has 2 aliphatic rings. The van der Waals surface area contributed by atoms with E-state index in [1.807, 2.05) is 35.3 Å². The molecule has 0 unspecified atom stereocenters. The van der Waals surface area contributed by atoms with Crippen molar-refractivity contribution in [1.82, 2.24) is 15.0 Å². The molecule has 0 amide bonds. The van der Waals surface area contributed by atoms with Gasteiger partial charge in [-0.15, -0.1) is 0 Å². The summed E-state index contributed by atoms with van der Waals surface area (Å²) in [4.78, 5) is 17.2. The first-order valence-corrected chi connectivity index (χ1v) is 18.4. The zero-order valence-electron chi connectivity index (χ0n) is 28.7. The Bertz CT molecular complexity index is 1530. The third kappa shape index (κ3) is 10.2. The van der Waals surface area contributed by atoms with E-state index in [0.717, 1.165) is 78.8 Å². The summed E-state index contributed by atoms with van der Waals surface area (Å²) in [6, 6.07) is 5.25. The maximum absolute atomic E-state index is 10.3. The second kappa shape index (κ2) is 19.1. The van der Waals surface area contributed by atoms with Crippen LogP contribution in [0.25, 0.3) is 27.7 Å². The molecule has 1 aliphatic carbocycles. The minimum Gasteiger partial charge on any atom is -0.330 e. The molecule has 3 aromatic rings. The van der Waals surface area contributed by atoms with E-state index in [9.17, 15) is 5.11 Å². The number of benzene rings is 1. The fourth-order valence-corrected chi connectivity index (χ4v) is 7.80. The van der Waals surface area contributed by atoms with Gasteiger partial charge in [0.25, 0.3) is 0 Å². The maximum atomic E-state index is 10.3. The number of ether oxygens (including phenoxy) is 1. The summed E-state index contributed by atoms with van der Waals surface area (Å²) in [5.74, 6) is 5.89. The maximum Gasteiger partial charge on any atom is 0.0216 e. The Morgan fingerprint density at radius 2 is 2.09 bits per heavy atom. The molecule has 9 nitrogen and oxygen atoms in total. The number of hydrazine groups is 1. The molecule has 0 spiro atoms. The van der Waals surface area contributed by atoms with Crippen molar-refractivity contribution in [1.29, 1.82) is 0 Å². The van der Waals surface area contributed by atoms with Gasteiger partial charge in [0.05, 0.1) is 0 Å². The molecule has 1 radical (unpaired) electrons. The Kier molecular flexibility index (Phi) is 16.0. The van der Waals surface area contributed by atoms with Crippen LogP contribution in [0.1, 0.15) is 68.3 Å². The first kappa shape index (κ1) is 39.2. The predicted octanol–water partition coefficient (Wildman–Crippen LogP) is 5.01. The van der Waals surface area contributed by atoms with Gasteiger partial charge in [-0.1, -0.05) is 6.92 Å². The second-order valence-electron chi connectivity index (χ2n) is 13.0. The molecular formula is C36H53N6O3STe. The standard InChI is InChI=1S/C30H38N3O2STe.C5H13N3.CH2O/c1-6-8-27-32-26(18-36-27)22-13-20-9-7-11-33-28(20)24(15-22)25(16-30(2,3)19-34)29(33)21(10-12-35-5)14-23(37)17-31-4;6-3-4-1-5(2-4)8-7;1-2/h10,13-15,17-18,34H,6-9,11-12,16,19H2,1-5H3;4-5,8H,1-3,6-7H2;1H2/b21-10-,23-14+,31-17?;;. The van der Waals surface area contributed by atoms with Crippen LogP contribution in [0, 0.1) is 11.3 Å². The van der Waals surface area contributed by atoms with E-state index >= 15 is 0 Å². The van der Waals surface area contributed by atoms with Crippen molar-refractivity contribution in [3.8, 4) is 11.3 Å². The Morgan fingerprint density at radius 1 is 1.34 bits per heavy atom. The molecule has 2 aromatic heterocycles. The fraction of sp³-hybridized carbons (Fsp3) is 0.528. The summed E-state index contributed by atoms with van der Waals surface area (Å²) >= 11 is 3.76. The number of aliphatic hydroxyl groups is 1. The number of hydrogen-bond acceptors (Lipinski definition) is 9. The van der Waals surface area contributed by atoms with Gasteiger partial charge >= 0.3 is 226 Å². The van der Waals surface area contributed by atoms with Crippen LogP contribution in [-0.2, 0) is 35.3 Å². The Morgan fingerprint density at radius 3 is 2.70 bits per heavy atom. The number of carbonyl (C=O) groups excluding carboxylic acids is 1. The SMILES string of the molecule is C=O.CCCc1nc(-c2cc3c4c(c2)c(CC(C)(C)CO)c(C(=C\COC)/C=C(/[Te])C=NC)n4CCC3)cs1.NCC1CC(NN)C1. The Hall–Kier alpha value is -2.20. The van der Waals surface area contributed by atoms with Crippen LogP contribution in [0.5, 0.6) is 0 Å². The van der Waals surface area contributed by atoms with E-state index in [1.165, 1.54) is 38.3 Å². The van der Waals surface area contributed by atoms with E-state index in [-0.39, 0.29) is 12.0 Å². The Balaban J connectivity index is 0.000000518. The first-order chi connectivity index (χ1) is 22.7. The van der Waals surface area contributed by atoms with Gasteiger partial charge in [-0.3, -0.25) is 11.3 Å². The molecule has 1 fully saturated rings. The van der Waals surface area contributed by atoms with Gasteiger partial charge in [0.1, 0.15) is 6.79 Å².